The highest BCUT2D eigenvalue weighted by atomic mass is 32.1. The van der Waals surface area contributed by atoms with E-state index in [1.54, 1.807) is 19.1 Å². The quantitative estimate of drug-likeness (QED) is 0.647. The first kappa shape index (κ1) is 12.6. The first-order valence-corrected chi connectivity index (χ1v) is 5.51. The Morgan fingerprint density at radius 3 is 2.69 bits per heavy atom. The zero-order chi connectivity index (χ0) is 12.1. The Labute approximate surface area is 100 Å². The number of benzene rings is 1. The molecular weight excluding hydrogens is 222 g/mol. The van der Waals surface area contributed by atoms with Gasteiger partial charge in [0, 0.05) is 4.90 Å². The van der Waals surface area contributed by atoms with E-state index in [-0.39, 0.29) is 0 Å². The monoisotopic (exact) mass is 235 g/mol. The minimum Gasteiger partial charge on any atom is -0.462 e. The van der Waals surface area contributed by atoms with Crippen LogP contribution < -0.4 is 0 Å². The Morgan fingerprint density at radius 1 is 1.50 bits per heavy atom. The van der Waals surface area contributed by atoms with Gasteiger partial charge in [0.25, 0.3) is 0 Å². The van der Waals surface area contributed by atoms with Crippen LogP contribution in [0.2, 0.25) is 0 Å². The molecule has 1 aromatic carbocycles. The maximum Gasteiger partial charge on any atom is 0.339 e. The van der Waals surface area contributed by atoms with E-state index in [2.05, 4.69) is 12.6 Å². The molecule has 0 atom stereocenters. The fourth-order valence-electron chi connectivity index (χ4n) is 1.39. The molecule has 4 heteroatoms. The molecule has 0 radical (unpaired) electrons. The van der Waals surface area contributed by atoms with Crippen molar-refractivity contribution in [1.29, 1.82) is 5.26 Å². The van der Waals surface area contributed by atoms with Crippen molar-refractivity contribution in [3.63, 3.8) is 0 Å². The lowest BCUT2D eigenvalue weighted by molar-refractivity contribution is 0.0526. The fraction of sp³-hybridized carbons (Fsp3) is 0.333. The molecule has 16 heavy (non-hydrogen) atoms. The number of nitrogens with zero attached hydrogens (tertiary/aromatic N) is 1. The van der Waals surface area contributed by atoms with Crippen LogP contribution in [0.15, 0.2) is 17.0 Å². The molecule has 0 N–H and O–H groups in total. The average Bonchev–Trinajstić information content (AvgIpc) is 2.28. The predicted octanol–water partition coefficient (Wildman–Crippen LogP) is 2.59. The third kappa shape index (κ3) is 2.56. The molecule has 0 bridgehead atoms. The summed E-state index contributed by atoms with van der Waals surface area (Å²) in [5.74, 6) is -0.456. The molecule has 0 heterocycles. The third-order valence-corrected chi connectivity index (χ3v) is 2.63. The molecule has 0 amide bonds. The summed E-state index contributed by atoms with van der Waals surface area (Å²) in [4.78, 5) is 12.3. The molecule has 0 aliphatic carbocycles. The fourth-order valence-corrected chi connectivity index (χ4v) is 1.74. The van der Waals surface area contributed by atoms with E-state index < -0.39 is 5.97 Å². The summed E-state index contributed by atoms with van der Waals surface area (Å²) in [5.41, 5.74) is 1.56. The van der Waals surface area contributed by atoms with Crippen molar-refractivity contribution in [3.8, 4) is 6.07 Å². The summed E-state index contributed by atoms with van der Waals surface area (Å²) in [7, 11) is 0. The topological polar surface area (TPSA) is 50.1 Å². The van der Waals surface area contributed by atoms with Crippen LogP contribution in [0.3, 0.4) is 0 Å². The molecule has 0 aliphatic heterocycles. The largest absolute Gasteiger partial charge is 0.462 e. The van der Waals surface area contributed by atoms with Crippen molar-refractivity contribution in [1.82, 2.24) is 0 Å². The molecule has 1 rings (SSSR count). The number of rotatable bonds is 3. The van der Waals surface area contributed by atoms with Gasteiger partial charge >= 0.3 is 5.97 Å². The second-order valence-electron chi connectivity index (χ2n) is 3.21. The van der Waals surface area contributed by atoms with E-state index >= 15 is 0 Å². The van der Waals surface area contributed by atoms with Crippen LogP contribution >= 0.6 is 12.6 Å². The number of esters is 1. The number of ether oxygens (including phenoxy) is 1. The number of hydrogen-bond acceptors (Lipinski definition) is 4. The lowest BCUT2D eigenvalue weighted by Gasteiger charge is -2.08. The molecule has 0 aromatic heterocycles. The highest BCUT2D eigenvalue weighted by molar-refractivity contribution is 7.80. The zero-order valence-corrected chi connectivity index (χ0v) is 10.2. The molecule has 0 spiro atoms. The third-order valence-electron chi connectivity index (χ3n) is 2.22. The van der Waals surface area contributed by atoms with Crippen LogP contribution in [0.4, 0.5) is 0 Å². The Bertz CT molecular complexity index is 449. The van der Waals surface area contributed by atoms with Gasteiger partial charge in [-0.3, -0.25) is 0 Å². The Hall–Kier alpha value is -1.47. The average molecular weight is 235 g/mol. The van der Waals surface area contributed by atoms with Crippen LogP contribution in [0.5, 0.6) is 0 Å². The van der Waals surface area contributed by atoms with E-state index in [1.165, 1.54) is 0 Å². The van der Waals surface area contributed by atoms with Gasteiger partial charge in [0.05, 0.1) is 17.7 Å². The molecular formula is C12H13NO2S. The Morgan fingerprint density at radius 2 is 2.19 bits per heavy atom. The van der Waals surface area contributed by atoms with Crippen molar-refractivity contribution in [2.75, 3.05) is 6.61 Å². The second kappa shape index (κ2) is 5.57. The minimum atomic E-state index is -0.456. The van der Waals surface area contributed by atoms with Gasteiger partial charge in [-0.1, -0.05) is 6.92 Å². The van der Waals surface area contributed by atoms with Crippen molar-refractivity contribution in [2.45, 2.75) is 25.2 Å². The van der Waals surface area contributed by atoms with Gasteiger partial charge in [-0.15, -0.1) is 12.6 Å². The maximum atomic E-state index is 11.6. The van der Waals surface area contributed by atoms with E-state index in [1.807, 2.05) is 13.0 Å². The zero-order valence-electron chi connectivity index (χ0n) is 9.28. The highest BCUT2D eigenvalue weighted by Crippen LogP contribution is 2.21. The molecule has 0 saturated heterocycles. The summed E-state index contributed by atoms with van der Waals surface area (Å²) in [6.45, 7) is 4.00. The van der Waals surface area contributed by atoms with Gasteiger partial charge in [0.2, 0.25) is 0 Å². The Balaban J connectivity index is 3.26. The van der Waals surface area contributed by atoms with Crippen molar-refractivity contribution >= 4 is 18.6 Å². The molecule has 84 valence electrons. The minimum absolute atomic E-state index is 0.299. The summed E-state index contributed by atoms with van der Waals surface area (Å²) in [6, 6.07) is 5.26. The molecule has 3 nitrogen and oxygen atoms in total. The molecule has 0 unspecified atom stereocenters. The van der Waals surface area contributed by atoms with E-state index in [0.717, 1.165) is 16.9 Å². The smallest absolute Gasteiger partial charge is 0.339 e. The summed E-state index contributed by atoms with van der Waals surface area (Å²) in [5, 5.41) is 8.93. The first-order chi connectivity index (χ1) is 7.63. The number of hydrogen-bond donors (Lipinski definition) is 1. The highest BCUT2D eigenvalue weighted by Gasteiger charge is 2.14. The van der Waals surface area contributed by atoms with Crippen LogP contribution in [0.25, 0.3) is 0 Å². The molecule has 0 aliphatic rings. The van der Waals surface area contributed by atoms with E-state index in [4.69, 9.17) is 10.00 Å². The summed E-state index contributed by atoms with van der Waals surface area (Å²) >= 11 is 4.27. The van der Waals surface area contributed by atoms with E-state index in [9.17, 15) is 4.79 Å². The Kier molecular flexibility index (Phi) is 4.39. The lowest BCUT2D eigenvalue weighted by atomic mass is 10.0. The normalized spacial score (nSPS) is 9.62. The summed E-state index contributed by atoms with van der Waals surface area (Å²) < 4.78 is 4.89. The van der Waals surface area contributed by atoms with Crippen LogP contribution in [0, 0.1) is 11.3 Å². The van der Waals surface area contributed by atoms with E-state index in [0.29, 0.717) is 17.7 Å². The van der Waals surface area contributed by atoms with Gasteiger partial charge in [0.15, 0.2) is 0 Å². The van der Waals surface area contributed by atoms with Gasteiger partial charge < -0.3 is 4.74 Å². The number of nitriles is 1. The molecule has 0 fully saturated rings. The second-order valence-corrected chi connectivity index (χ2v) is 3.69. The number of carbonyl (C=O) groups excluding carboxylic acids is 1. The predicted molar refractivity (Wildman–Crippen MR) is 63.7 cm³/mol. The first-order valence-electron chi connectivity index (χ1n) is 5.07. The standard InChI is InChI=1S/C12H13NO2S/c1-3-8-5-10(12(14)15-4-2)9(7-13)6-11(8)16/h5-6,16H,3-4H2,1-2H3. The maximum absolute atomic E-state index is 11.6. The number of carbonyl (C=O) groups is 1. The van der Waals surface area contributed by atoms with Gasteiger partial charge in [-0.05, 0) is 31.0 Å². The number of thiol groups is 1. The van der Waals surface area contributed by atoms with Crippen molar-refractivity contribution in [2.24, 2.45) is 0 Å². The lowest BCUT2D eigenvalue weighted by Crippen LogP contribution is -2.08. The molecule has 0 saturated carbocycles. The number of aryl methyl sites for hydroxylation is 1. The van der Waals surface area contributed by atoms with Gasteiger partial charge in [-0.25, -0.2) is 4.79 Å². The van der Waals surface area contributed by atoms with Crippen molar-refractivity contribution in [3.05, 3.63) is 28.8 Å². The SMILES string of the molecule is CCOC(=O)c1cc(CC)c(S)cc1C#N. The molecule has 1 aromatic rings. The van der Waals surface area contributed by atoms with Crippen LogP contribution in [-0.4, -0.2) is 12.6 Å². The van der Waals surface area contributed by atoms with Crippen LogP contribution in [0.1, 0.15) is 35.3 Å². The van der Waals surface area contributed by atoms with Crippen molar-refractivity contribution < 1.29 is 9.53 Å². The van der Waals surface area contributed by atoms with Gasteiger partial charge in [0.1, 0.15) is 6.07 Å². The van der Waals surface area contributed by atoms with Gasteiger partial charge in [-0.2, -0.15) is 5.26 Å². The van der Waals surface area contributed by atoms with Crippen LogP contribution in [-0.2, 0) is 11.2 Å². The summed E-state index contributed by atoms with van der Waals surface area (Å²) in [6.07, 6.45) is 0.761.